The molecule has 0 saturated carbocycles. The molecule has 1 atom stereocenters. The van der Waals surface area contributed by atoms with Crippen molar-refractivity contribution in [1.29, 1.82) is 0 Å². The molecule has 0 bridgehead atoms. The summed E-state index contributed by atoms with van der Waals surface area (Å²) in [5.74, 6) is -0.140. The molecule has 5 heteroatoms. The summed E-state index contributed by atoms with van der Waals surface area (Å²) < 4.78 is 10.4. The molecule has 0 aliphatic rings. The highest BCUT2D eigenvalue weighted by atomic mass is 16.5. The summed E-state index contributed by atoms with van der Waals surface area (Å²) in [6, 6.07) is 0. The maximum absolute atomic E-state index is 12.2. The van der Waals surface area contributed by atoms with Gasteiger partial charge in [0.05, 0.1) is 13.2 Å². The number of esters is 1. The van der Waals surface area contributed by atoms with Crippen molar-refractivity contribution in [3.05, 3.63) is 0 Å². The van der Waals surface area contributed by atoms with Crippen molar-refractivity contribution >= 4 is 5.97 Å². The van der Waals surface area contributed by atoms with Gasteiger partial charge in [-0.15, -0.1) is 0 Å². The third kappa shape index (κ3) is 4.92. The first-order valence-electron chi connectivity index (χ1n) is 6.46. The Morgan fingerprint density at radius 2 is 2.00 bits per heavy atom. The Labute approximate surface area is 111 Å². The first kappa shape index (κ1) is 17.4. The minimum Gasteiger partial charge on any atom is -0.465 e. The van der Waals surface area contributed by atoms with Gasteiger partial charge in [-0.05, 0) is 26.9 Å². The normalized spacial score (nSPS) is 14.9. The average Bonchev–Trinajstić information content (AvgIpc) is 2.27. The SMILES string of the molecule is CCOC(=O)C(COC)(NCCN(C)C)C(C)C. The number of likely N-dealkylation sites (N-methyl/N-ethyl adjacent to an activating group) is 1. The van der Waals surface area contributed by atoms with Gasteiger partial charge in [0, 0.05) is 20.2 Å². The molecule has 0 aromatic rings. The molecule has 0 spiro atoms. The van der Waals surface area contributed by atoms with Crippen LogP contribution in [0.3, 0.4) is 0 Å². The smallest absolute Gasteiger partial charge is 0.329 e. The molecular formula is C13H28N2O3. The van der Waals surface area contributed by atoms with Gasteiger partial charge in [0.15, 0.2) is 0 Å². The van der Waals surface area contributed by atoms with Crippen molar-refractivity contribution in [3.8, 4) is 0 Å². The number of hydrogen-bond acceptors (Lipinski definition) is 5. The van der Waals surface area contributed by atoms with Gasteiger partial charge in [0.1, 0.15) is 5.54 Å². The van der Waals surface area contributed by atoms with Gasteiger partial charge in [-0.3, -0.25) is 5.32 Å². The molecule has 0 aromatic carbocycles. The number of carbonyl (C=O) groups is 1. The number of methoxy groups -OCH3 is 1. The van der Waals surface area contributed by atoms with E-state index < -0.39 is 5.54 Å². The van der Waals surface area contributed by atoms with Crippen LogP contribution in [0.2, 0.25) is 0 Å². The Bertz CT molecular complexity index is 244. The van der Waals surface area contributed by atoms with E-state index in [0.29, 0.717) is 19.8 Å². The number of rotatable bonds is 9. The van der Waals surface area contributed by atoms with Crippen LogP contribution in [0.25, 0.3) is 0 Å². The van der Waals surface area contributed by atoms with E-state index in [2.05, 4.69) is 10.2 Å². The van der Waals surface area contributed by atoms with Crippen molar-refractivity contribution in [2.24, 2.45) is 5.92 Å². The Kier molecular flexibility index (Phi) is 8.15. The maximum atomic E-state index is 12.2. The summed E-state index contributed by atoms with van der Waals surface area (Å²) in [7, 11) is 5.60. The minimum atomic E-state index is -0.763. The van der Waals surface area contributed by atoms with E-state index in [4.69, 9.17) is 9.47 Å². The number of hydrogen-bond donors (Lipinski definition) is 1. The van der Waals surface area contributed by atoms with Crippen LogP contribution in [0.1, 0.15) is 20.8 Å². The van der Waals surface area contributed by atoms with Crippen molar-refractivity contribution in [2.45, 2.75) is 26.3 Å². The Morgan fingerprint density at radius 3 is 2.39 bits per heavy atom. The lowest BCUT2D eigenvalue weighted by Gasteiger charge is -2.35. The number of carbonyl (C=O) groups excluding carboxylic acids is 1. The van der Waals surface area contributed by atoms with E-state index in [1.165, 1.54) is 0 Å². The van der Waals surface area contributed by atoms with Gasteiger partial charge in [0.2, 0.25) is 0 Å². The third-order valence-electron chi connectivity index (χ3n) is 3.00. The summed E-state index contributed by atoms with van der Waals surface area (Å²) in [6.07, 6.45) is 0. The zero-order valence-corrected chi connectivity index (χ0v) is 12.6. The first-order valence-corrected chi connectivity index (χ1v) is 6.46. The lowest BCUT2D eigenvalue weighted by molar-refractivity contribution is -0.156. The largest absolute Gasteiger partial charge is 0.465 e. The zero-order valence-electron chi connectivity index (χ0n) is 12.6. The summed E-state index contributed by atoms with van der Waals surface area (Å²) in [5, 5.41) is 3.31. The van der Waals surface area contributed by atoms with E-state index in [9.17, 15) is 4.79 Å². The fourth-order valence-electron chi connectivity index (χ4n) is 1.78. The van der Waals surface area contributed by atoms with Crippen LogP contribution >= 0.6 is 0 Å². The molecule has 0 saturated heterocycles. The average molecular weight is 260 g/mol. The fraction of sp³-hybridized carbons (Fsp3) is 0.923. The zero-order chi connectivity index (χ0) is 14.2. The van der Waals surface area contributed by atoms with Crippen molar-refractivity contribution in [3.63, 3.8) is 0 Å². The Balaban J connectivity index is 4.79. The molecule has 1 N–H and O–H groups in total. The molecule has 0 radical (unpaired) electrons. The molecule has 0 aromatic heterocycles. The third-order valence-corrected chi connectivity index (χ3v) is 3.00. The molecule has 0 fully saturated rings. The van der Waals surface area contributed by atoms with Gasteiger partial charge >= 0.3 is 5.97 Å². The second-order valence-electron chi connectivity index (χ2n) is 5.01. The molecule has 18 heavy (non-hydrogen) atoms. The fourth-order valence-corrected chi connectivity index (χ4v) is 1.78. The molecule has 0 aliphatic carbocycles. The van der Waals surface area contributed by atoms with E-state index in [1.54, 1.807) is 7.11 Å². The predicted octanol–water partition coefficient (Wildman–Crippen LogP) is 0.742. The summed E-state index contributed by atoms with van der Waals surface area (Å²) in [4.78, 5) is 14.3. The molecule has 0 amide bonds. The summed E-state index contributed by atoms with van der Waals surface area (Å²) in [5.41, 5.74) is -0.763. The van der Waals surface area contributed by atoms with Gasteiger partial charge in [-0.25, -0.2) is 4.79 Å². The van der Waals surface area contributed by atoms with E-state index in [0.717, 1.165) is 6.54 Å². The highest BCUT2D eigenvalue weighted by Crippen LogP contribution is 2.19. The van der Waals surface area contributed by atoms with E-state index >= 15 is 0 Å². The van der Waals surface area contributed by atoms with Crippen molar-refractivity contribution in [1.82, 2.24) is 10.2 Å². The maximum Gasteiger partial charge on any atom is 0.329 e. The lowest BCUT2D eigenvalue weighted by Crippen LogP contribution is -2.61. The summed E-state index contributed by atoms with van der Waals surface area (Å²) in [6.45, 7) is 8.08. The quantitative estimate of drug-likeness (QED) is 0.620. The monoisotopic (exact) mass is 260 g/mol. The molecule has 0 rings (SSSR count). The molecule has 0 heterocycles. The summed E-state index contributed by atoms with van der Waals surface area (Å²) >= 11 is 0. The van der Waals surface area contributed by atoms with Crippen LogP contribution in [-0.4, -0.2) is 63.9 Å². The Hall–Kier alpha value is -0.650. The Morgan fingerprint density at radius 1 is 1.39 bits per heavy atom. The van der Waals surface area contributed by atoms with Crippen LogP contribution < -0.4 is 5.32 Å². The van der Waals surface area contributed by atoms with Gasteiger partial charge in [0.25, 0.3) is 0 Å². The lowest BCUT2D eigenvalue weighted by atomic mass is 9.87. The van der Waals surface area contributed by atoms with Gasteiger partial charge < -0.3 is 14.4 Å². The second-order valence-corrected chi connectivity index (χ2v) is 5.01. The highest BCUT2D eigenvalue weighted by Gasteiger charge is 2.42. The number of nitrogens with zero attached hydrogens (tertiary/aromatic N) is 1. The van der Waals surface area contributed by atoms with Gasteiger partial charge in [-0.1, -0.05) is 13.8 Å². The van der Waals surface area contributed by atoms with Gasteiger partial charge in [-0.2, -0.15) is 0 Å². The van der Waals surface area contributed by atoms with Crippen LogP contribution in [0.15, 0.2) is 0 Å². The van der Waals surface area contributed by atoms with E-state index in [-0.39, 0.29) is 11.9 Å². The van der Waals surface area contributed by atoms with Crippen LogP contribution in [-0.2, 0) is 14.3 Å². The molecule has 0 aliphatic heterocycles. The van der Waals surface area contributed by atoms with Crippen molar-refractivity contribution in [2.75, 3.05) is 47.5 Å². The molecular weight excluding hydrogens is 232 g/mol. The highest BCUT2D eigenvalue weighted by molar-refractivity contribution is 5.81. The topological polar surface area (TPSA) is 50.8 Å². The molecule has 1 unspecified atom stereocenters. The molecule has 108 valence electrons. The minimum absolute atomic E-state index is 0.0960. The van der Waals surface area contributed by atoms with E-state index in [1.807, 2.05) is 34.9 Å². The van der Waals surface area contributed by atoms with Crippen LogP contribution in [0.5, 0.6) is 0 Å². The predicted molar refractivity (Wildman–Crippen MR) is 72.6 cm³/mol. The standard InChI is InChI=1S/C13H28N2O3/c1-7-18-12(16)13(10-17-6,11(2)3)14-8-9-15(4)5/h11,14H,7-10H2,1-6H3. The second kappa shape index (κ2) is 8.45. The van der Waals surface area contributed by atoms with Crippen LogP contribution in [0, 0.1) is 5.92 Å². The first-order chi connectivity index (χ1) is 8.40. The number of nitrogens with one attached hydrogen (secondary N) is 1. The number of ether oxygens (including phenoxy) is 2. The van der Waals surface area contributed by atoms with Crippen LogP contribution in [0.4, 0.5) is 0 Å². The van der Waals surface area contributed by atoms with Crippen molar-refractivity contribution < 1.29 is 14.3 Å². The molecule has 5 nitrogen and oxygen atoms in total.